The van der Waals surface area contributed by atoms with Gasteiger partial charge < -0.3 is 10.1 Å². The number of pyridine rings is 1. The predicted molar refractivity (Wildman–Crippen MR) is 94.5 cm³/mol. The zero-order valence-electron chi connectivity index (χ0n) is 14.4. The van der Waals surface area contributed by atoms with Gasteiger partial charge in [-0.1, -0.05) is 25.7 Å². The molecule has 2 aliphatic rings. The van der Waals surface area contributed by atoms with E-state index in [4.69, 9.17) is 4.74 Å². The Morgan fingerprint density at radius 2 is 2.09 bits per heavy atom. The molecule has 2 aliphatic heterocycles. The topological polar surface area (TPSA) is 54.5 Å². The second-order valence-corrected chi connectivity index (χ2v) is 13.4. The third-order valence-corrected chi connectivity index (χ3v) is 6.59. The van der Waals surface area contributed by atoms with Crippen molar-refractivity contribution in [3.05, 3.63) is 23.9 Å². The van der Waals surface area contributed by atoms with Crippen molar-refractivity contribution in [2.45, 2.75) is 43.9 Å². The molecule has 1 aromatic rings. The van der Waals surface area contributed by atoms with Gasteiger partial charge in [0.1, 0.15) is 12.5 Å². The van der Waals surface area contributed by atoms with E-state index in [0.717, 1.165) is 50.0 Å². The van der Waals surface area contributed by atoms with Crippen LogP contribution in [0.3, 0.4) is 0 Å². The number of carbonyl (C=O) groups excluding carboxylic acids is 1. The first-order valence-electron chi connectivity index (χ1n) is 8.50. The lowest BCUT2D eigenvalue weighted by Gasteiger charge is -2.32. The molecule has 5 nitrogen and oxygen atoms in total. The standard InChI is InChI=1S/C17H27N3O2Si/c1-23(2,3)12-11-22-13-20-15-14(5-4-8-19-15)17(16(20)21)6-9-18-10-7-17/h4-5,8,18H,6-7,9-13H2,1-3H3. The van der Waals surface area contributed by atoms with Crippen LogP contribution < -0.4 is 10.2 Å². The fraction of sp³-hybridized carbons (Fsp3) is 0.647. The number of ether oxygens (including phenoxy) is 1. The van der Waals surface area contributed by atoms with Crippen molar-refractivity contribution >= 4 is 19.8 Å². The summed E-state index contributed by atoms with van der Waals surface area (Å²) in [6.45, 7) is 9.79. The smallest absolute Gasteiger partial charge is 0.240 e. The van der Waals surface area contributed by atoms with Crippen molar-refractivity contribution in [2.24, 2.45) is 0 Å². The third-order valence-electron chi connectivity index (χ3n) is 4.89. The van der Waals surface area contributed by atoms with Crippen LogP contribution in [0.25, 0.3) is 0 Å². The summed E-state index contributed by atoms with van der Waals surface area (Å²) in [4.78, 5) is 19.4. The maximum atomic E-state index is 13.1. The summed E-state index contributed by atoms with van der Waals surface area (Å²) in [5.74, 6) is 0.966. The summed E-state index contributed by atoms with van der Waals surface area (Å²) in [5, 5.41) is 3.35. The Bertz CT molecular complexity index is 579. The van der Waals surface area contributed by atoms with Crippen LogP contribution in [0.2, 0.25) is 25.7 Å². The van der Waals surface area contributed by atoms with E-state index in [-0.39, 0.29) is 5.91 Å². The lowest BCUT2D eigenvalue weighted by Crippen LogP contribution is -2.47. The minimum atomic E-state index is -1.11. The Morgan fingerprint density at radius 1 is 1.35 bits per heavy atom. The molecular formula is C17H27N3O2Si. The zero-order valence-corrected chi connectivity index (χ0v) is 15.4. The van der Waals surface area contributed by atoms with Gasteiger partial charge >= 0.3 is 0 Å². The summed E-state index contributed by atoms with van der Waals surface area (Å²) >= 11 is 0. The number of piperidine rings is 1. The third kappa shape index (κ3) is 3.20. The molecular weight excluding hydrogens is 306 g/mol. The Kier molecular flexibility index (Phi) is 4.58. The molecule has 6 heteroatoms. The van der Waals surface area contributed by atoms with Crippen LogP contribution in [0.4, 0.5) is 5.82 Å². The van der Waals surface area contributed by atoms with E-state index in [0.29, 0.717) is 6.73 Å². The molecule has 23 heavy (non-hydrogen) atoms. The van der Waals surface area contributed by atoms with Crippen LogP contribution in [0, 0.1) is 0 Å². The van der Waals surface area contributed by atoms with E-state index in [1.807, 2.05) is 6.07 Å². The number of aromatic nitrogens is 1. The largest absolute Gasteiger partial charge is 0.361 e. The lowest BCUT2D eigenvalue weighted by atomic mass is 9.74. The maximum absolute atomic E-state index is 13.1. The predicted octanol–water partition coefficient (Wildman–Crippen LogP) is 2.36. The van der Waals surface area contributed by atoms with Crippen molar-refractivity contribution < 1.29 is 9.53 Å². The molecule has 0 saturated carbocycles. The molecule has 0 unspecified atom stereocenters. The normalized spacial score (nSPS) is 20.1. The Labute approximate surface area is 139 Å². The average molecular weight is 334 g/mol. The summed E-state index contributed by atoms with van der Waals surface area (Å²) in [6, 6.07) is 5.11. The van der Waals surface area contributed by atoms with Crippen molar-refractivity contribution in [3.63, 3.8) is 0 Å². The van der Waals surface area contributed by atoms with Gasteiger partial charge in [-0.05, 0) is 38.0 Å². The molecule has 0 bridgehead atoms. The van der Waals surface area contributed by atoms with E-state index in [1.54, 1.807) is 11.1 Å². The maximum Gasteiger partial charge on any atom is 0.240 e. The van der Waals surface area contributed by atoms with Gasteiger partial charge in [0.15, 0.2) is 0 Å². The highest BCUT2D eigenvalue weighted by Crippen LogP contribution is 2.45. The molecule has 0 atom stereocenters. The molecule has 0 radical (unpaired) electrons. The van der Waals surface area contributed by atoms with Gasteiger partial charge in [0.25, 0.3) is 0 Å². The number of nitrogens with one attached hydrogen (secondary N) is 1. The van der Waals surface area contributed by atoms with Gasteiger partial charge in [0, 0.05) is 26.4 Å². The Morgan fingerprint density at radius 3 is 2.78 bits per heavy atom. The fourth-order valence-electron chi connectivity index (χ4n) is 3.45. The highest BCUT2D eigenvalue weighted by molar-refractivity contribution is 6.76. The number of nitrogens with zero attached hydrogens (tertiary/aromatic N) is 2. The van der Waals surface area contributed by atoms with Crippen molar-refractivity contribution in [1.29, 1.82) is 0 Å². The van der Waals surface area contributed by atoms with Crippen LogP contribution in [-0.2, 0) is 14.9 Å². The molecule has 1 fully saturated rings. The van der Waals surface area contributed by atoms with Crippen LogP contribution in [0.5, 0.6) is 0 Å². The highest BCUT2D eigenvalue weighted by Gasteiger charge is 2.51. The summed E-state index contributed by atoms with van der Waals surface area (Å²) in [6.07, 6.45) is 3.45. The number of anilines is 1. The van der Waals surface area contributed by atoms with E-state index in [1.165, 1.54) is 0 Å². The van der Waals surface area contributed by atoms with Gasteiger partial charge in [0.05, 0.1) is 5.41 Å². The van der Waals surface area contributed by atoms with E-state index >= 15 is 0 Å². The first kappa shape index (κ1) is 16.6. The van der Waals surface area contributed by atoms with Crippen molar-refractivity contribution in [1.82, 2.24) is 10.3 Å². The van der Waals surface area contributed by atoms with Gasteiger partial charge in [-0.25, -0.2) is 4.98 Å². The number of carbonyl (C=O) groups is 1. The van der Waals surface area contributed by atoms with Gasteiger partial charge in [-0.3, -0.25) is 9.69 Å². The lowest BCUT2D eigenvalue weighted by molar-refractivity contribution is -0.125. The summed E-state index contributed by atoms with van der Waals surface area (Å²) in [5.41, 5.74) is 0.692. The number of fused-ring (bicyclic) bond motifs is 2. The molecule has 1 saturated heterocycles. The number of hydrogen-bond acceptors (Lipinski definition) is 4. The minimum Gasteiger partial charge on any atom is -0.361 e. The number of amides is 1. The second kappa shape index (κ2) is 6.34. The average Bonchev–Trinajstić information content (AvgIpc) is 2.74. The number of rotatable bonds is 5. The van der Waals surface area contributed by atoms with Gasteiger partial charge in [0.2, 0.25) is 5.91 Å². The molecule has 0 aliphatic carbocycles. The minimum absolute atomic E-state index is 0.167. The van der Waals surface area contributed by atoms with Crippen LogP contribution in [0.15, 0.2) is 18.3 Å². The zero-order chi connectivity index (χ0) is 16.5. The highest BCUT2D eigenvalue weighted by atomic mass is 28.3. The van der Waals surface area contributed by atoms with Crippen LogP contribution in [-0.4, -0.2) is 45.4 Å². The molecule has 1 aromatic heterocycles. The van der Waals surface area contributed by atoms with E-state index in [2.05, 4.69) is 36.0 Å². The van der Waals surface area contributed by atoms with Crippen molar-refractivity contribution in [3.8, 4) is 0 Å². The molecule has 126 valence electrons. The van der Waals surface area contributed by atoms with Gasteiger partial charge in [-0.15, -0.1) is 0 Å². The molecule has 1 spiro atoms. The van der Waals surface area contributed by atoms with Gasteiger partial charge in [-0.2, -0.15) is 0 Å². The summed E-state index contributed by atoms with van der Waals surface area (Å²) < 4.78 is 5.84. The monoisotopic (exact) mass is 333 g/mol. The Hall–Kier alpha value is -1.24. The summed E-state index contributed by atoms with van der Waals surface area (Å²) in [7, 11) is -1.11. The van der Waals surface area contributed by atoms with E-state index < -0.39 is 13.5 Å². The van der Waals surface area contributed by atoms with Crippen LogP contribution >= 0.6 is 0 Å². The quantitative estimate of drug-likeness (QED) is 0.664. The molecule has 1 amide bonds. The van der Waals surface area contributed by atoms with Crippen LogP contribution in [0.1, 0.15) is 18.4 Å². The Balaban J connectivity index is 1.75. The molecule has 1 N–H and O–H groups in total. The first-order valence-corrected chi connectivity index (χ1v) is 12.2. The fourth-order valence-corrected chi connectivity index (χ4v) is 4.20. The molecule has 0 aromatic carbocycles. The molecule has 3 rings (SSSR count). The number of hydrogen-bond donors (Lipinski definition) is 1. The molecule has 3 heterocycles. The SMILES string of the molecule is C[Si](C)(C)CCOCN1C(=O)C2(CCNCC2)c2cccnc21. The second-order valence-electron chi connectivity index (χ2n) is 7.79. The van der Waals surface area contributed by atoms with Crippen molar-refractivity contribution in [2.75, 3.05) is 31.3 Å². The van der Waals surface area contributed by atoms with E-state index in [9.17, 15) is 4.79 Å². The first-order chi connectivity index (χ1) is 10.9.